The molecule has 3 amide bonds. The van der Waals surface area contributed by atoms with Crippen molar-refractivity contribution in [2.24, 2.45) is 0 Å². The molecule has 1 unspecified atom stereocenters. The predicted molar refractivity (Wildman–Crippen MR) is 116 cm³/mol. The van der Waals surface area contributed by atoms with E-state index in [4.69, 9.17) is 5.26 Å². The molecule has 0 saturated heterocycles. The van der Waals surface area contributed by atoms with E-state index in [1.165, 1.54) is 6.92 Å². The first-order valence-corrected chi connectivity index (χ1v) is 10.1. The zero-order chi connectivity index (χ0) is 21.5. The molecule has 8 heteroatoms. The van der Waals surface area contributed by atoms with E-state index in [1.807, 2.05) is 35.7 Å². The average Bonchev–Trinajstić information content (AvgIpc) is 3.14. The topological polar surface area (TPSA) is 111 Å². The molecule has 3 rings (SSSR count). The minimum atomic E-state index is -0.834. The van der Waals surface area contributed by atoms with E-state index in [0.717, 1.165) is 15.6 Å². The van der Waals surface area contributed by atoms with Gasteiger partial charge in [0.1, 0.15) is 12.6 Å². The summed E-state index contributed by atoms with van der Waals surface area (Å²) in [5.74, 6) is -1.04. The molecule has 1 aromatic heterocycles. The number of thiophene rings is 1. The number of nitrogens with one attached hydrogen (secondary N) is 3. The number of rotatable bonds is 7. The van der Waals surface area contributed by atoms with Gasteiger partial charge in [0.2, 0.25) is 11.8 Å². The Hall–Kier alpha value is -3.70. The highest BCUT2D eigenvalue weighted by Gasteiger charge is 2.23. The van der Waals surface area contributed by atoms with Crippen molar-refractivity contribution in [3.63, 3.8) is 0 Å². The van der Waals surface area contributed by atoms with Gasteiger partial charge in [-0.25, -0.2) is 0 Å². The van der Waals surface area contributed by atoms with Crippen LogP contribution in [0, 0.1) is 11.3 Å². The third kappa shape index (κ3) is 5.21. The number of hydrogen-bond donors (Lipinski definition) is 3. The summed E-state index contributed by atoms with van der Waals surface area (Å²) in [6.07, 6.45) is 0.303. The van der Waals surface area contributed by atoms with Crippen LogP contribution in [0.4, 0.5) is 5.69 Å². The average molecular weight is 420 g/mol. The third-order valence-electron chi connectivity index (χ3n) is 4.42. The number of hydrogen-bond acceptors (Lipinski definition) is 5. The van der Waals surface area contributed by atoms with Gasteiger partial charge in [0.05, 0.1) is 6.07 Å². The maximum Gasteiger partial charge on any atom is 0.251 e. The molecule has 30 heavy (non-hydrogen) atoms. The SMILES string of the molecule is CC(=O)Nc1ccc(C(=O)NC(Cc2csc3ccccc23)C(=O)NCC#N)cc1. The maximum atomic E-state index is 12.7. The predicted octanol–water partition coefficient (Wildman–Crippen LogP) is 2.84. The summed E-state index contributed by atoms with van der Waals surface area (Å²) in [5.41, 5.74) is 1.89. The van der Waals surface area contributed by atoms with E-state index in [0.29, 0.717) is 17.7 Å². The monoisotopic (exact) mass is 420 g/mol. The van der Waals surface area contributed by atoms with E-state index >= 15 is 0 Å². The normalized spacial score (nSPS) is 11.3. The molecule has 152 valence electrons. The van der Waals surface area contributed by atoms with E-state index in [1.54, 1.807) is 35.6 Å². The number of carbonyl (C=O) groups excluding carboxylic acids is 3. The molecule has 3 N–H and O–H groups in total. The van der Waals surface area contributed by atoms with Gasteiger partial charge in [-0.2, -0.15) is 5.26 Å². The summed E-state index contributed by atoms with van der Waals surface area (Å²) < 4.78 is 1.10. The van der Waals surface area contributed by atoms with Crippen LogP contribution in [0.5, 0.6) is 0 Å². The van der Waals surface area contributed by atoms with Crippen LogP contribution in [0.3, 0.4) is 0 Å². The zero-order valence-corrected chi connectivity index (χ0v) is 17.1. The molecule has 0 aliphatic carbocycles. The molecule has 1 heterocycles. The van der Waals surface area contributed by atoms with Crippen LogP contribution in [0.1, 0.15) is 22.8 Å². The Bertz CT molecular complexity index is 1120. The zero-order valence-electron chi connectivity index (χ0n) is 16.3. The van der Waals surface area contributed by atoms with Crippen molar-refractivity contribution in [1.82, 2.24) is 10.6 Å². The quantitative estimate of drug-likeness (QED) is 0.510. The largest absolute Gasteiger partial charge is 0.341 e. The van der Waals surface area contributed by atoms with Crippen LogP contribution < -0.4 is 16.0 Å². The van der Waals surface area contributed by atoms with Crippen molar-refractivity contribution < 1.29 is 14.4 Å². The Balaban J connectivity index is 1.78. The van der Waals surface area contributed by atoms with Gasteiger partial charge in [0.15, 0.2) is 0 Å². The standard InChI is InChI=1S/C22H20N4O3S/c1-14(27)25-17-8-6-15(7-9-17)21(28)26-19(22(29)24-11-10-23)12-16-13-30-20-5-3-2-4-18(16)20/h2-9,13,19H,11-12H2,1H3,(H,24,29)(H,25,27)(H,26,28). The van der Waals surface area contributed by atoms with E-state index in [-0.39, 0.29) is 12.5 Å². The van der Waals surface area contributed by atoms with Gasteiger partial charge in [0, 0.05) is 29.3 Å². The smallest absolute Gasteiger partial charge is 0.251 e. The number of anilines is 1. The van der Waals surface area contributed by atoms with Gasteiger partial charge in [-0.15, -0.1) is 11.3 Å². The lowest BCUT2D eigenvalue weighted by molar-refractivity contribution is -0.122. The Morgan fingerprint density at radius 3 is 2.53 bits per heavy atom. The highest BCUT2D eigenvalue weighted by atomic mass is 32.1. The molecular weight excluding hydrogens is 400 g/mol. The molecule has 0 aliphatic heterocycles. The van der Waals surface area contributed by atoms with Crippen LogP contribution in [-0.4, -0.2) is 30.3 Å². The second kappa shape index (κ2) is 9.67. The fraction of sp³-hybridized carbons (Fsp3) is 0.182. The molecule has 7 nitrogen and oxygen atoms in total. The molecule has 0 radical (unpaired) electrons. The first-order valence-electron chi connectivity index (χ1n) is 9.26. The molecule has 0 saturated carbocycles. The van der Waals surface area contributed by atoms with Gasteiger partial charge in [0.25, 0.3) is 5.91 Å². The number of nitriles is 1. The third-order valence-corrected chi connectivity index (χ3v) is 5.43. The fourth-order valence-corrected chi connectivity index (χ4v) is 4.00. The summed E-state index contributed by atoms with van der Waals surface area (Å²) in [4.78, 5) is 36.4. The highest BCUT2D eigenvalue weighted by Crippen LogP contribution is 2.26. The number of benzene rings is 2. The summed E-state index contributed by atoms with van der Waals surface area (Å²) in [5, 5.41) is 19.7. The summed E-state index contributed by atoms with van der Waals surface area (Å²) in [7, 11) is 0. The van der Waals surface area contributed by atoms with Gasteiger partial charge in [-0.1, -0.05) is 18.2 Å². The lowest BCUT2D eigenvalue weighted by Gasteiger charge is -2.18. The second-order valence-electron chi connectivity index (χ2n) is 6.62. The number of amides is 3. The molecule has 3 aromatic rings. The molecule has 0 spiro atoms. The van der Waals surface area contributed by atoms with Gasteiger partial charge in [-0.05, 0) is 46.7 Å². The van der Waals surface area contributed by atoms with Crippen LogP contribution >= 0.6 is 11.3 Å². The van der Waals surface area contributed by atoms with Crippen molar-refractivity contribution in [3.8, 4) is 6.07 Å². The molecular formula is C22H20N4O3S. The molecule has 0 fully saturated rings. The Kier molecular flexibility index (Phi) is 6.78. The van der Waals surface area contributed by atoms with Crippen LogP contribution in [0.2, 0.25) is 0 Å². The summed E-state index contributed by atoms with van der Waals surface area (Å²) >= 11 is 1.58. The summed E-state index contributed by atoms with van der Waals surface area (Å²) in [6, 6.07) is 15.3. The highest BCUT2D eigenvalue weighted by molar-refractivity contribution is 7.17. The van der Waals surface area contributed by atoms with Crippen LogP contribution in [-0.2, 0) is 16.0 Å². The van der Waals surface area contributed by atoms with Gasteiger partial charge < -0.3 is 16.0 Å². The van der Waals surface area contributed by atoms with Gasteiger partial charge in [-0.3, -0.25) is 14.4 Å². The second-order valence-corrected chi connectivity index (χ2v) is 7.53. The number of carbonyl (C=O) groups is 3. The molecule has 0 aliphatic rings. The van der Waals surface area contributed by atoms with E-state index in [9.17, 15) is 14.4 Å². The van der Waals surface area contributed by atoms with E-state index < -0.39 is 17.9 Å². The van der Waals surface area contributed by atoms with Gasteiger partial charge >= 0.3 is 0 Å². The van der Waals surface area contributed by atoms with Crippen LogP contribution in [0.15, 0.2) is 53.9 Å². The summed E-state index contributed by atoms with van der Waals surface area (Å²) in [6.45, 7) is 1.26. The first-order chi connectivity index (χ1) is 14.5. The van der Waals surface area contributed by atoms with Crippen molar-refractivity contribution in [3.05, 3.63) is 65.0 Å². The van der Waals surface area contributed by atoms with Crippen molar-refractivity contribution in [1.29, 1.82) is 5.26 Å². The van der Waals surface area contributed by atoms with Crippen LogP contribution in [0.25, 0.3) is 10.1 Å². The molecule has 0 bridgehead atoms. The first kappa shape index (κ1) is 21.0. The number of nitrogens with zero attached hydrogens (tertiary/aromatic N) is 1. The minimum absolute atomic E-state index is 0.138. The van der Waals surface area contributed by atoms with Crippen molar-refractivity contribution in [2.45, 2.75) is 19.4 Å². The van der Waals surface area contributed by atoms with E-state index in [2.05, 4.69) is 16.0 Å². The Morgan fingerprint density at radius 2 is 1.83 bits per heavy atom. The van der Waals surface area contributed by atoms with Crippen molar-refractivity contribution >= 4 is 44.8 Å². The lowest BCUT2D eigenvalue weighted by Crippen LogP contribution is -2.48. The fourth-order valence-electron chi connectivity index (χ4n) is 3.02. The number of fused-ring (bicyclic) bond motifs is 1. The molecule has 2 aromatic carbocycles. The Morgan fingerprint density at radius 1 is 1.10 bits per heavy atom. The Labute approximate surface area is 177 Å². The maximum absolute atomic E-state index is 12.7. The minimum Gasteiger partial charge on any atom is -0.341 e. The lowest BCUT2D eigenvalue weighted by atomic mass is 10.0. The molecule has 1 atom stereocenters. The van der Waals surface area contributed by atoms with Crippen molar-refractivity contribution in [2.75, 3.05) is 11.9 Å².